The fourth-order valence-electron chi connectivity index (χ4n) is 2.35. The molecule has 1 N–H and O–H groups in total. The monoisotopic (exact) mass is 344 g/mol. The number of ether oxygens (including phenoxy) is 1. The number of benzene rings is 1. The Hall–Kier alpha value is -2.67. The van der Waals surface area contributed by atoms with Gasteiger partial charge in [-0.3, -0.25) is 9.69 Å². The Morgan fingerprint density at radius 2 is 2.12 bits per heavy atom. The molecule has 0 bridgehead atoms. The molecule has 0 saturated carbocycles. The molecule has 1 aromatic carbocycles. The van der Waals surface area contributed by atoms with Crippen LogP contribution in [-0.2, 0) is 23.1 Å². The van der Waals surface area contributed by atoms with E-state index in [1.165, 1.54) is 7.11 Å². The minimum absolute atomic E-state index is 0.151. The summed E-state index contributed by atoms with van der Waals surface area (Å²) in [7, 11) is 5.12. The first-order valence-electron chi connectivity index (χ1n) is 7.99. The topological polar surface area (TPSA) is 76.5 Å². The van der Waals surface area contributed by atoms with Crippen LogP contribution in [0, 0.1) is 6.92 Å². The van der Waals surface area contributed by atoms with Gasteiger partial charge in [-0.05, 0) is 38.6 Å². The summed E-state index contributed by atoms with van der Waals surface area (Å²) < 4.78 is 6.64. The van der Waals surface area contributed by atoms with Gasteiger partial charge in [0.2, 0.25) is 5.91 Å². The molecular weight excluding hydrogens is 320 g/mol. The SMILES string of the molecule is COC(=O)c1ccc(C)c(NC(=O)C(C)N(C)Cc2nccn2C)c1. The van der Waals surface area contributed by atoms with E-state index in [2.05, 4.69) is 10.3 Å². The summed E-state index contributed by atoms with van der Waals surface area (Å²) in [5.74, 6) is 0.295. The van der Waals surface area contributed by atoms with Gasteiger partial charge in [-0.2, -0.15) is 0 Å². The number of hydrogen-bond donors (Lipinski definition) is 1. The smallest absolute Gasteiger partial charge is 0.337 e. The van der Waals surface area contributed by atoms with Crippen LogP contribution in [0.25, 0.3) is 0 Å². The Morgan fingerprint density at radius 1 is 1.40 bits per heavy atom. The maximum absolute atomic E-state index is 12.6. The van der Waals surface area contributed by atoms with E-state index >= 15 is 0 Å². The zero-order valence-electron chi connectivity index (χ0n) is 15.2. The fourth-order valence-corrected chi connectivity index (χ4v) is 2.35. The number of methoxy groups -OCH3 is 1. The van der Waals surface area contributed by atoms with Crippen LogP contribution in [-0.4, -0.2) is 46.5 Å². The predicted molar refractivity (Wildman–Crippen MR) is 95.3 cm³/mol. The number of nitrogens with zero attached hydrogens (tertiary/aromatic N) is 3. The average Bonchev–Trinajstić information content (AvgIpc) is 3.00. The van der Waals surface area contributed by atoms with Gasteiger partial charge in [0.1, 0.15) is 5.82 Å². The van der Waals surface area contributed by atoms with Crippen LogP contribution in [0.15, 0.2) is 30.6 Å². The van der Waals surface area contributed by atoms with Crippen LogP contribution < -0.4 is 5.32 Å². The number of carbonyl (C=O) groups is 2. The summed E-state index contributed by atoms with van der Waals surface area (Å²) in [6.07, 6.45) is 3.60. The van der Waals surface area contributed by atoms with Crippen molar-refractivity contribution in [3.8, 4) is 0 Å². The number of likely N-dealkylation sites (N-methyl/N-ethyl adjacent to an activating group) is 1. The van der Waals surface area contributed by atoms with Gasteiger partial charge in [-0.25, -0.2) is 9.78 Å². The van der Waals surface area contributed by atoms with Gasteiger partial charge in [0.05, 0.1) is 25.3 Å². The van der Waals surface area contributed by atoms with Crippen LogP contribution in [0.1, 0.15) is 28.7 Å². The Balaban J connectivity index is 2.08. The van der Waals surface area contributed by atoms with Crippen LogP contribution in [0.4, 0.5) is 5.69 Å². The Kier molecular flexibility index (Phi) is 5.93. The minimum atomic E-state index is -0.435. The lowest BCUT2D eigenvalue weighted by molar-refractivity contribution is -0.120. The number of nitrogens with one attached hydrogen (secondary N) is 1. The molecule has 0 saturated heterocycles. The highest BCUT2D eigenvalue weighted by atomic mass is 16.5. The molecule has 0 radical (unpaired) electrons. The standard InChI is InChI=1S/C18H24N4O3/c1-12-6-7-14(18(24)25-5)10-15(12)20-17(23)13(2)22(4)11-16-19-8-9-21(16)3/h6-10,13H,11H2,1-5H3,(H,20,23). The Morgan fingerprint density at radius 3 is 2.72 bits per heavy atom. The second-order valence-electron chi connectivity index (χ2n) is 6.06. The van der Waals surface area contributed by atoms with Gasteiger partial charge in [-0.15, -0.1) is 0 Å². The first-order valence-corrected chi connectivity index (χ1v) is 7.99. The molecule has 0 aliphatic heterocycles. The van der Waals surface area contributed by atoms with Crippen molar-refractivity contribution in [2.45, 2.75) is 26.4 Å². The molecule has 0 aliphatic carbocycles. The lowest BCUT2D eigenvalue weighted by Crippen LogP contribution is -2.39. The summed E-state index contributed by atoms with van der Waals surface area (Å²) in [5.41, 5.74) is 1.88. The third-order valence-corrected chi connectivity index (χ3v) is 4.27. The molecule has 25 heavy (non-hydrogen) atoms. The molecule has 1 aromatic heterocycles. The quantitative estimate of drug-likeness (QED) is 0.811. The summed E-state index contributed by atoms with van der Waals surface area (Å²) in [6, 6.07) is 4.72. The van der Waals surface area contributed by atoms with Gasteiger partial charge in [0.15, 0.2) is 0 Å². The van der Waals surface area contributed by atoms with E-state index in [1.54, 1.807) is 24.4 Å². The first kappa shape index (κ1) is 18.7. The van der Waals surface area contributed by atoms with Crippen LogP contribution >= 0.6 is 0 Å². The van der Waals surface area contributed by atoms with Crippen molar-refractivity contribution in [2.75, 3.05) is 19.5 Å². The molecule has 1 heterocycles. The zero-order chi connectivity index (χ0) is 18.6. The molecule has 0 aliphatic rings. The van der Waals surface area contributed by atoms with Crippen LogP contribution in [0.3, 0.4) is 0 Å². The number of carbonyl (C=O) groups excluding carboxylic acids is 2. The normalized spacial score (nSPS) is 12.1. The predicted octanol–water partition coefficient (Wildman–Crippen LogP) is 1.97. The van der Waals surface area contributed by atoms with Gasteiger partial charge >= 0.3 is 5.97 Å². The number of aryl methyl sites for hydroxylation is 2. The van der Waals surface area contributed by atoms with Crippen molar-refractivity contribution in [1.82, 2.24) is 14.5 Å². The number of rotatable bonds is 6. The average molecular weight is 344 g/mol. The maximum atomic E-state index is 12.6. The zero-order valence-corrected chi connectivity index (χ0v) is 15.2. The van der Waals surface area contributed by atoms with Crippen LogP contribution in [0.5, 0.6) is 0 Å². The number of anilines is 1. The molecule has 1 unspecified atom stereocenters. The highest BCUT2D eigenvalue weighted by Crippen LogP contribution is 2.18. The summed E-state index contributed by atoms with van der Waals surface area (Å²) in [6.45, 7) is 4.26. The van der Waals surface area contributed by atoms with Gasteiger partial charge < -0.3 is 14.6 Å². The van der Waals surface area contributed by atoms with Crippen LogP contribution in [0.2, 0.25) is 0 Å². The van der Waals surface area contributed by atoms with E-state index in [9.17, 15) is 9.59 Å². The third-order valence-electron chi connectivity index (χ3n) is 4.27. The largest absolute Gasteiger partial charge is 0.465 e. The van der Waals surface area contributed by atoms with Crippen molar-refractivity contribution in [3.05, 3.63) is 47.5 Å². The minimum Gasteiger partial charge on any atom is -0.465 e. The van der Waals surface area contributed by atoms with E-state index in [1.807, 2.05) is 43.6 Å². The molecule has 7 heteroatoms. The van der Waals surface area contributed by atoms with E-state index in [4.69, 9.17) is 4.74 Å². The van der Waals surface area contributed by atoms with E-state index in [-0.39, 0.29) is 11.9 Å². The van der Waals surface area contributed by atoms with E-state index in [0.717, 1.165) is 11.4 Å². The molecule has 7 nitrogen and oxygen atoms in total. The molecule has 2 aromatic rings. The molecule has 0 fully saturated rings. The molecular formula is C18H24N4O3. The number of amides is 1. The van der Waals surface area contributed by atoms with Crippen molar-refractivity contribution < 1.29 is 14.3 Å². The highest BCUT2D eigenvalue weighted by molar-refractivity contribution is 5.97. The first-order chi connectivity index (χ1) is 11.8. The number of hydrogen-bond acceptors (Lipinski definition) is 5. The number of imidazole rings is 1. The molecule has 1 atom stereocenters. The Labute approximate surface area is 147 Å². The highest BCUT2D eigenvalue weighted by Gasteiger charge is 2.20. The summed E-state index contributed by atoms with van der Waals surface area (Å²) in [4.78, 5) is 30.4. The second kappa shape index (κ2) is 7.94. The molecule has 0 spiro atoms. The molecule has 134 valence electrons. The van der Waals surface area contributed by atoms with Gasteiger partial charge in [0.25, 0.3) is 0 Å². The number of esters is 1. The lowest BCUT2D eigenvalue weighted by atomic mass is 10.1. The number of aromatic nitrogens is 2. The van der Waals surface area contributed by atoms with Gasteiger partial charge in [0, 0.05) is 25.1 Å². The van der Waals surface area contributed by atoms with E-state index in [0.29, 0.717) is 17.8 Å². The van der Waals surface area contributed by atoms with Crippen molar-refractivity contribution in [1.29, 1.82) is 0 Å². The van der Waals surface area contributed by atoms with Crippen molar-refractivity contribution in [3.63, 3.8) is 0 Å². The molecule has 1 amide bonds. The van der Waals surface area contributed by atoms with Crippen molar-refractivity contribution in [2.24, 2.45) is 7.05 Å². The molecule has 2 rings (SSSR count). The van der Waals surface area contributed by atoms with E-state index < -0.39 is 5.97 Å². The van der Waals surface area contributed by atoms with Crippen molar-refractivity contribution >= 4 is 17.6 Å². The lowest BCUT2D eigenvalue weighted by Gasteiger charge is -2.24. The fraction of sp³-hybridized carbons (Fsp3) is 0.389. The maximum Gasteiger partial charge on any atom is 0.337 e. The summed E-state index contributed by atoms with van der Waals surface area (Å²) >= 11 is 0. The summed E-state index contributed by atoms with van der Waals surface area (Å²) in [5, 5.41) is 2.89. The Bertz CT molecular complexity index is 769. The van der Waals surface area contributed by atoms with Gasteiger partial charge in [-0.1, -0.05) is 6.07 Å². The second-order valence-corrected chi connectivity index (χ2v) is 6.06. The third kappa shape index (κ3) is 4.45.